The summed E-state index contributed by atoms with van der Waals surface area (Å²) in [6.07, 6.45) is 8.26. The van der Waals surface area contributed by atoms with E-state index in [1.165, 1.54) is 44.2 Å². The summed E-state index contributed by atoms with van der Waals surface area (Å²) in [5.74, 6) is -1.79. The van der Waals surface area contributed by atoms with E-state index >= 15 is 0 Å². The van der Waals surface area contributed by atoms with Crippen LogP contribution in [0.4, 0.5) is 8.78 Å². The number of aromatic nitrogens is 2. The standard InChI is InChI=1S/C24H34F2N4O2/c25-20-16-22-23(17-21(20)26)30(24(31)29(22)11-10-27-12-14-32-15-13-27)19-6-8-28(9-7-19)18-4-2-1-3-5-18/h16-19H,1-15H2. The average molecular weight is 449 g/mol. The van der Waals surface area contributed by atoms with Crippen molar-refractivity contribution in [2.75, 3.05) is 45.9 Å². The highest BCUT2D eigenvalue weighted by Gasteiger charge is 2.29. The minimum absolute atomic E-state index is 0.0272. The molecule has 0 unspecified atom stereocenters. The van der Waals surface area contributed by atoms with Gasteiger partial charge in [-0.3, -0.25) is 14.0 Å². The minimum Gasteiger partial charge on any atom is -0.379 e. The molecule has 1 aliphatic carbocycles. The monoisotopic (exact) mass is 448 g/mol. The second-order valence-electron chi connectivity index (χ2n) is 9.57. The quantitative estimate of drug-likeness (QED) is 0.703. The molecule has 1 saturated carbocycles. The zero-order chi connectivity index (χ0) is 22.1. The van der Waals surface area contributed by atoms with E-state index in [-0.39, 0.29) is 11.7 Å². The van der Waals surface area contributed by atoms with Gasteiger partial charge in [0.1, 0.15) is 0 Å². The Morgan fingerprint density at radius 2 is 1.47 bits per heavy atom. The van der Waals surface area contributed by atoms with Crippen LogP contribution >= 0.6 is 0 Å². The Labute approximate surface area is 187 Å². The number of halogens is 2. The number of morpholine rings is 1. The molecule has 0 bridgehead atoms. The Morgan fingerprint density at radius 3 is 2.16 bits per heavy atom. The molecule has 5 rings (SSSR count). The molecule has 0 atom stereocenters. The maximum atomic E-state index is 14.2. The summed E-state index contributed by atoms with van der Waals surface area (Å²) in [6.45, 7) is 6.13. The van der Waals surface area contributed by atoms with Crippen molar-refractivity contribution in [2.45, 2.75) is 63.6 Å². The van der Waals surface area contributed by atoms with E-state index in [4.69, 9.17) is 4.74 Å². The molecule has 1 aromatic heterocycles. The smallest absolute Gasteiger partial charge is 0.329 e. The molecule has 2 aromatic rings. The molecule has 2 aliphatic heterocycles. The van der Waals surface area contributed by atoms with Crippen molar-refractivity contribution in [2.24, 2.45) is 0 Å². The molecule has 3 fully saturated rings. The number of ether oxygens (including phenoxy) is 1. The average Bonchev–Trinajstić information content (AvgIpc) is 3.09. The van der Waals surface area contributed by atoms with Crippen molar-refractivity contribution in [3.63, 3.8) is 0 Å². The number of likely N-dealkylation sites (tertiary alicyclic amines) is 1. The van der Waals surface area contributed by atoms with E-state index in [1.807, 2.05) is 0 Å². The van der Waals surface area contributed by atoms with Crippen molar-refractivity contribution in [3.05, 3.63) is 34.3 Å². The minimum atomic E-state index is -0.901. The van der Waals surface area contributed by atoms with Crippen molar-refractivity contribution < 1.29 is 13.5 Å². The fourth-order valence-electron chi connectivity index (χ4n) is 5.86. The first-order chi connectivity index (χ1) is 15.6. The van der Waals surface area contributed by atoms with Crippen LogP contribution in [0, 0.1) is 11.6 Å². The molecule has 3 aliphatic rings. The number of nitrogens with zero attached hydrogens (tertiary/aromatic N) is 4. The van der Waals surface area contributed by atoms with Crippen LogP contribution in [0.2, 0.25) is 0 Å². The molecule has 1 aromatic carbocycles. The second kappa shape index (κ2) is 9.61. The summed E-state index contributed by atoms with van der Waals surface area (Å²) in [6, 6.07) is 3.10. The summed E-state index contributed by atoms with van der Waals surface area (Å²) in [5, 5.41) is 0. The highest BCUT2D eigenvalue weighted by molar-refractivity contribution is 5.76. The van der Waals surface area contributed by atoms with Crippen LogP contribution in [-0.2, 0) is 11.3 Å². The summed E-state index contributed by atoms with van der Waals surface area (Å²) < 4.78 is 37.1. The van der Waals surface area contributed by atoms with Gasteiger partial charge >= 0.3 is 5.69 Å². The van der Waals surface area contributed by atoms with Gasteiger partial charge in [0.15, 0.2) is 11.6 Å². The van der Waals surface area contributed by atoms with Gasteiger partial charge in [-0.2, -0.15) is 0 Å². The lowest BCUT2D eigenvalue weighted by Gasteiger charge is -2.39. The Hall–Kier alpha value is -1.77. The van der Waals surface area contributed by atoms with Gasteiger partial charge in [-0.1, -0.05) is 19.3 Å². The van der Waals surface area contributed by atoms with Gasteiger partial charge < -0.3 is 9.64 Å². The van der Waals surface area contributed by atoms with Crippen LogP contribution in [0.5, 0.6) is 0 Å². The van der Waals surface area contributed by atoms with Crippen LogP contribution in [0.1, 0.15) is 51.0 Å². The lowest BCUT2D eigenvalue weighted by Crippen LogP contribution is -2.44. The normalized spacial score (nSPS) is 22.7. The number of imidazole rings is 1. The first-order valence-corrected chi connectivity index (χ1v) is 12.3. The third kappa shape index (κ3) is 4.37. The molecule has 3 heterocycles. The Balaban J connectivity index is 1.39. The van der Waals surface area contributed by atoms with Crippen LogP contribution in [0.25, 0.3) is 11.0 Å². The molecule has 0 N–H and O–H groups in total. The number of fused-ring (bicyclic) bond motifs is 1. The summed E-state index contributed by atoms with van der Waals surface area (Å²) >= 11 is 0. The van der Waals surface area contributed by atoms with Gasteiger partial charge in [-0.25, -0.2) is 13.6 Å². The highest BCUT2D eigenvalue weighted by Crippen LogP contribution is 2.31. The molecular weight excluding hydrogens is 414 g/mol. The predicted octanol–water partition coefficient (Wildman–Crippen LogP) is 3.38. The van der Waals surface area contributed by atoms with Crippen LogP contribution < -0.4 is 5.69 Å². The van der Waals surface area contributed by atoms with Gasteiger partial charge in [0, 0.05) is 63.5 Å². The third-order valence-corrected chi connectivity index (χ3v) is 7.70. The lowest BCUT2D eigenvalue weighted by molar-refractivity contribution is 0.0363. The van der Waals surface area contributed by atoms with Crippen molar-refractivity contribution in [1.82, 2.24) is 18.9 Å². The van der Waals surface area contributed by atoms with E-state index in [9.17, 15) is 13.6 Å². The van der Waals surface area contributed by atoms with Gasteiger partial charge in [-0.05, 0) is 25.7 Å². The third-order valence-electron chi connectivity index (χ3n) is 7.70. The molecule has 0 spiro atoms. The number of piperidine rings is 1. The number of hydrogen-bond acceptors (Lipinski definition) is 4. The lowest BCUT2D eigenvalue weighted by atomic mass is 9.92. The van der Waals surface area contributed by atoms with Crippen LogP contribution in [0.3, 0.4) is 0 Å². The largest absolute Gasteiger partial charge is 0.379 e. The molecule has 8 heteroatoms. The molecule has 6 nitrogen and oxygen atoms in total. The van der Waals surface area contributed by atoms with Crippen LogP contribution in [0.15, 0.2) is 16.9 Å². The maximum Gasteiger partial charge on any atom is 0.329 e. The van der Waals surface area contributed by atoms with Crippen LogP contribution in [-0.4, -0.2) is 70.9 Å². The Bertz CT molecular complexity index is 984. The molecule has 0 amide bonds. The van der Waals surface area contributed by atoms with E-state index in [0.29, 0.717) is 43.4 Å². The number of benzene rings is 1. The van der Waals surface area contributed by atoms with Crippen molar-refractivity contribution in [3.8, 4) is 0 Å². The Kier molecular flexibility index (Phi) is 6.62. The topological polar surface area (TPSA) is 42.6 Å². The van der Waals surface area contributed by atoms with Crippen molar-refractivity contribution >= 4 is 11.0 Å². The first-order valence-electron chi connectivity index (χ1n) is 12.3. The van der Waals surface area contributed by atoms with Gasteiger partial charge in [0.25, 0.3) is 0 Å². The zero-order valence-corrected chi connectivity index (χ0v) is 18.8. The van der Waals surface area contributed by atoms with Gasteiger partial charge in [0.05, 0.1) is 24.2 Å². The van der Waals surface area contributed by atoms with E-state index in [2.05, 4.69) is 9.80 Å². The van der Waals surface area contributed by atoms with Gasteiger partial charge in [0.2, 0.25) is 0 Å². The Morgan fingerprint density at radius 1 is 0.812 bits per heavy atom. The molecule has 32 heavy (non-hydrogen) atoms. The van der Waals surface area contributed by atoms with Gasteiger partial charge in [-0.15, -0.1) is 0 Å². The number of hydrogen-bond donors (Lipinski definition) is 0. The first kappa shape index (κ1) is 22.0. The number of rotatable bonds is 5. The summed E-state index contributed by atoms with van der Waals surface area (Å²) in [5.41, 5.74) is 0.873. The summed E-state index contributed by atoms with van der Waals surface area (Å²) in [7, 11) is 0. The zero-order valence-electron chi connectivity index (χ0n) is 18.8. The van der Waals surface area contributed by atoms with E-state index < -0.39 is 11.6 Å². The highest BCUT2D eigenvalue weighted by atomic mass is 19.2. The molecule has 176 valence electrons. The van der Waals surface area contributed by atoms with E-state index in [1.54, 1.807) is 9.13 Å². The SMILES string of the molecule is O=c1n(CCN2CCOCC2)c2cc(F)c(F)cc2n1C1CCN(C2CCCCC2)CC1. The summed E-state index contributed by atoms with van der Waals surface area (Å²) in [4.78, 5) is 18.3. The van der Waals surface area contributed by atoms with Crippen molar-refractivity contribution in [1.29, 1.82) is 0 Å². The molecular formula is C24H34F2N4O2. The molecule has 2 saturated heterocycles. The maximum absolute atomic E-state index is 14.2. The second-order valence-corrected chi connectivity index (χ2v) is 9.57. The van der Waals surface area contributed by atoms with E-state index in [0.717, 1.165) is 39.0 Å². The predicted molar refractivity (Wildman–Crippen MR) is 120 cm³/mol. The molecule has 0 radical (unpaired) electrons. The fourth-order valence-corrected chi connectivity index (χ4v) is 5.86. The fraction of sp³-hybridized carbons (Fsp3) is 0.708.